The number of methoxy groups -OCH3 is 2. The van der Waals surface area contributed by atoms with Gasteiger partial charge in [-0.25, -0.2) is 0 Å². The van der Waals surface area contributed by atoms with Gasteiger partial charge >= 0.3 is 0 Å². The fraction of sp³-hybridized carbons (Fsp3) is 0.812. The topological polar surface area (TPSA) is 48.3 Å². The molecular weight excluding hydrogens is 266 g/mol. The van der Waals surface area contributed by atoms with Crippen molar-refractivity contribution in [2.75, 3.05) is 20.8 Å². The molecule has 0 bridgehead atoms. The van der Waals surface area contributed by atoms with Crippen molar-refractivity contribution in [3.63, 3.8) is 0 Å². The summed E-state index contributed by atoms with van der Waals surface area (Å²) in [6, 6.07) is 0.445. The monoisotopic (exact) mass is 297 g/mol. The zero-order chi connectivity index (χ0) is 16.0. The van der Waals surface area contributed by atoms with Crippen molar-refractivity contribution in [1.29, 1.82) is 0 Å². The molecule has 0 aromatic carbocycles. The van der Waals surface area contributed by atoms with Crippen molar-refractivity contribution < 1.29 is 9.47 Å². The van der Waals surface area contributed by atoms with Crippen molar-refractivity contribution in [2.24, 2.45) is 0 Å². The van der Waals surface area contributed by atoms with Gasteiger partial charge in [-0.3, -0.25) is 4.68 Å². The lowest BCUT2D eigenvalue weighted by atomic mass is 9.96. The molecule has 0 aliphatic heterocycles. The van der Waals surface area contributed by atoms with Crippen LogP contribution in [-0.2, 0) is 4.74 Å². The van der Waals surface area contributed by atoms with E-state index in [4.69, 9.17) is 9.47 Å². The van der Waals surface area contributed by atoms with Crippen LogP contribution in [-0.4, -0.2) is 36.1 Å². The zero-order valence-electron chi connectivity index (χ0n) is 14.6. The maximum Gasteiger partial charge on any atom is 0.161 e. The molecule has 122 valence electrons. The fourth-order valence-electron chi connectivity index (χ4n) is 2.42. The second-order valence-corrected chi connectivity index (χ2v) is 6.31. The Labute approximate surface area is 129 Å². The smallest absolute Gasteiger partial charge is 0.161 e. The van der Waals surface area contributed by atoms with Crippen LogP contribution < -0.4 is 10.1 Å². The van der Waals surface area contributed by atoms with Crippen molar-refractivity contribution in [2.45, 2.75) is 65.1 Å². The molecular formula is C16H31N3O2. The Morgan fingerprint density at radius 2 is 2.00 bits per heavy atom. The predicted octanol–water partition coefficient (Wildman–Crippen LogP) is 3.33. The molecule has 0 radical (unpaired) electrons. The first kappa shape index (κ1) is 18.0. The molecule has 5 heteroatoms. The highest BCUT2D eigenvalue weighted by Crippen LogP contribution is 2.33. The van der Waals surface area contributed by atoms with Gasteiger partial charge in [-0.1, -0.05) is 6.92 Å². The maximum absolute atomic E-state index is 5.61. The summed E-state index contributed by atoms with van der Waals surface area (Å²) in [4.78, 5) is 0. The van der Waals surface area contributed by atoms with E-state index in [1.165, 1.54) is 0 Å². The normalized spacial score (nSPS) is 13.7. The van der Waals surface area contributed by atoms with Crippen LogP contribution in [0.5, 0.6) is 5.75 Å². The van der Waals surface area contributed by atoms with Crippen LogP contribution >= 0.6 is 0 Å². The van der Waals surface area contributed by atoms with Gasteiger partial charge in [0.1, 0.15) is 0 Å². The van der Waals surface area contributed by atoms with Gasteiger partial charge in [-0.05, 0) is 47.1 Å². The summed E-state index contributed by atoms with van der Waals surface area (Å²) in [5.74, 6) is 0.837. The lowest BCUT2D eigenvalue weighted by Gasteiger charge is -2.30. The Hall–Kier alpha value is -1.07. The molecule has 0 fully saturated rings. The van der Waals surface area contributed by atoms with Gasteiger partial charge in [0.15, 0.2) is 5.75 Å². The van der Waals surface area contributed by atoms with E-state index in [9.17, 15) is 0 Å². The average molecular weight is 297 g/mol. The Kier molecular flexibility index (Phi) is 6.68. The van der Waals surface area contributed by atoms with Crippen molar-refractivity contribution in [1.82, 2.24) is 15.1 Å². The third kappa shape index (κ3) is 4.71. The first-order chi connectivity index (χ1) is 9.86. The van der Waals surface area contributed by atoms with Gasteiger partial charge in [0.25, 0.3) is 0 Å². The van der Waals surface area contributed by atoms with Crippen LogP contribution in [0.4, 0.5) is 0 Å². The standard InChI is InChI=1S/C16H31N3O2/c1-8-9-17-13(10-16(4,5)21-7)15-14(20-6)11-18-19(15)12(2)3/h11-13,17H,8-10H2,1-7H3. The van der Waals surface area contributed by atoms with Gasteiger partial charge in [-0.2, -0.15) is 5.10 Å². The number of ether oxygens (including phenoxy) is 2. The zero-order valence-corrected chi connectivity index (χ0v) is 14.6. The van der Waals surface area contributed by atoms with Crippen LogP contribution in [0.15, 0.2) is 6.20 Å². The van der Waals surface area contributed by atoms with E-state index in [0.717, 1.165) is 30.8 Å². The highest BCUT2D eigenvalue weighted by Gasteiger charge is 2.29. The van der Waals surface area contributed by atoms with Crippen molar-refractivity contribution in [3.05, 3.63) is 11.9 Å². The van der Waals surface area contributed by atoms with E-state index < -0.39 is 0 Å². The minimum Gasteiger partial charge on any atom is -0.493 e. The molecule has 1 unspecified atom stereocenters. The summed E-state index contributed by atoms with van der Waals surface area (Å²) in [6.07, 6.45) is 3.75. The molecule has 1 aromatic heterocycles. The van der Waals surface area contributed by atoms with Gasteiger partial charge in [0.2, 0.25) is 0 Å². The van der Waals surface area contributed by atoms with E-state index in [0.29, 0.717) is 6.04 Å². The lowest BCUT2D eigenvalue weighted by Crippen LogP contribution is -2.34. The first-order valence-corrected chi connectivity index (χ1v) is 7.76. The van der Waals surface area contributed by atoms with E-state index in [1.807, 2.05) is 4.68 Å². The Balaban J connectivity index is 3.15. The van der Waals surface area contributed by atoms with E-state index in [2.05, 4.69) is 45.0 Å². The van der Waals surface area contributed by atoms with Crippen LogP contribution in [0.25, 0.3) is 0 Å². The Morgan fingerprint density at radius 1 is 1.33 bits per heavy atom. The number of nitrogens with zero attached hydrogens (tertiary/aromatic N) is 2. The second-order valence-electron chi connectivity index (χ2n) is 6.31. The van der Waals surface area contributed by atoms with Crippen LogP contribution in [0.2, 0.25) is 0 Å². The molecule has 0 saturated carbocycles. The molecule has 1 heterocycles. The van der Waals surface area contributed by atoms with Crippen LogP contribution in [0.3, 0.4) is 0 Å². The Morgan fingerprint density at radius 3 is 2.48 bits per heavy atom. The van der Waals surface area contributed by atoms with Crippen molar-refractivity contribution >= 4 is 0 Å². The van der Waals surface area contributed by atoms with Gasteiger partial charge < -0.3 is 14.8 Å². The van der Waals surface area contributed by atoms with Crippen LogP contribution in [0.1, 0.15) is 65.2 Å². The molecule has 1 rings (SSSR count). The number of hydrogen-bond donors (Lipinski definition) is 1. The summed E-state index contributed by atoms with van der Waals surface area (Å²) in [5, 5.41) is 8.09. The molecule has 0 amide bonds. The lowest BCUT2D eigenvalue weighted by molar-refractivity contribution is 0.00586. The Bertz CT molecular complexity index is 427. The number of rotatable bonds is 9. The largest absolute Gasteiger partial charge is 0.493 e. The number of hydrogen-bond acceptors (Lipinski definition) is 4. The maximum atomic E-state index is 5.61. The quantitative estimate of drug-likeness (QED) is 0.759. The van der Waals surface area contributed by atoms with E-state index >= 15 is 0 Å². The number of nitrogens with one attached hydrogen (secondary N) is 1. The number of aromatic nitrogens is 2. The molecule has 1 aromatic rings. The van der Waals surface area contributed by atoms with Gasteiger partial charge in [-0.15, -0.1) is 0 Å². The fourth-order valence-corrected chi connectivity index (χ4v) is 2.42. The summed E-state index contributed by atoms with van der Waals surface area (Å²) >= 11 is 0. The third-order valence-electron chi connectivity index (χ3n) is 3.73. The third-order valence-corrected chi connectivity index (χ3v) is 3.73. The summed E-state index contributed by atoms with van der Waals surface area (Å²) in [6.45, 7) is 11.6. The van der Waals surface area contributed by atoms with Gasteiger partial charge in [0.05, 0.1) is 30.6 Å². The highest BCUT2D eigenvalue weighted by molar-refractivity contribution is 5.29. The summed E-state index contributed by atoms with van der Waals surface area (Å²) < 4.78 is 13.2. The first-order valence-electron chi connectivity index (χ1n) is 7.76. The minimum absolute atomic E-state index is 0.153. The molecule has 0 aliphatic carbocycles. The SMILES string of the molecule is CCCNC(CC(C)(C)OC)c1c(OC)cnn1C(C)C. The van der Waals surface area contributed by atoms with E-state index in [1.54, 1.807) is 20.4 Å². The van der Waals surface area contributed by atoms with Gasteiger partial charge in [0, 0.05) is 13.2 Å². The molecule has 5 nitrogen and oxygen atoms in total. The molecule has 1 N–H and O–H groups in total. The summed E-state index contributed by atoms with van der Waals surface area (Å²) in [5.41, 5.74) is 0.897. The van der Waals surface area contributed by atoms with E-state index in [-0.39, 0.29) is 11.6 Å². The molecule has 0 aliphatic rings. The van der Waals surface area contributed by atoms with Crippen LogP contribution in [0, 0.1) is 0 Å². The average Bonchev–Trinajstić information content (AvgIpc) is 2.87. The molecule has 0 spiro atoms. The molecule has 21 heavy (non-hydrogen) atoms. The summed E-state index contributed by atoms with van der Waals surface area (Å²) in [7, 11) is 3.46. The van der Waals surface area contributed by atoms with Crippen molar-refractivity contribution in [3.8, 4) is 5.75 Å². The second kappa shape index (κ2) is 7.80. The predicted molar refractivity (Wildman–Crippen MR) is 85.9 cm³/mol. The molecule has 0 saturated heterocycles. The minimum atomic E-state index is -0.206. The highest BCUT2D eigenvalue weighted by atomic mass is 16.5. The molecule has 1 atom stereocenters.